The number of carbonyl (C=O) groups excluding carboxylic acids is 2. The maximum Gasteiger partial charge on any atom is 0.416 e. The SMILES string of the molecule is CCC(C)(O)C(=O)NNC(=O)c1ccccc1Cc1ccc(C(F)(F)F)cc1. The van der Waals surface area contributed by atoms with Crippen molar-refractivity contribution in [3.05, 3.63) is 70.8 Å². The van der Waals surface area contributed by atoms with Crippen LogP contribution in [0.5, 0.6) is 0 Å². The molecule has 0 bridgehead atoms. The smallest absolute Gasteiger partial charge is 0.380 e. The molecule has 1 unspecified atom stereocenters. The molecule has 2 amide bonds. The predicted octanol–water partition coefficient (Wildman–Crippen LogP) is 3.22. The first kappa shape index (κ1) is 21.4. The topological polar surface area (TPSA) is 78.4 Å². The van der Waals surface area contributed by atoms with Crippen LogP contribution in [0.1, 0.15) is 47.3 Å². The summed E-state index contributed by atoms with van der Waals surface area (Å²) >= 11 is 0. The molecule has 28 heavy (non-hydrogen) atoms. The summed E-state index contributed by atoms with van der Waals surface area (Å²) in [6.07, 6.45) is -4.00. The molecule has 2 aromatic rings. The van der Waals surface area contributed by atoms with E-state index in [4.69, 9.17) is 0 Å². The van der Waals surface area contributed by atoms with Gasteiger partial charge in [0.1, 0.15) is 5.60 Å². The van der Waals surface area contributed by atoms with Gasteiger partial charge in [0.05, 0.1) is 5.56 Å². The van der Waals surface area contributed by atoms with E-state index in [1.807, 2.05) is 0 Å². The van der Waals surface area contributed by atoms with Crippen LogP contribution in [0.4, 0.5) is 13.2 Å². The van der Waals surface area contributed by atoms with Gasteiger partial charge in [-0.2, -0.15) is 13.2 Å². The Labute approximate surface area is 160 Å². The van der Waals surface area contributed by atoms with Crippen LogP contribution in [0.25, 0.3) is 0 Å². The first-order valence-corrected chi connectivity index (χ1v) is 8.62. The number of hydrogen-bond donors (Lipinski definition) is 3. The third-order valence-electron chi connectivity index (χ3n) is 4.40. The molecule has 0 saturated heterocycles. The third kappa shape index (κ3) is 5.32. The number of hydrazine groups is 1. The molecule has 1 atom stereocenters. The van der Waals surface area contributed by atoms with Crippen molar-refractivity contribution in [3.63, 3.8) is 0 Å². The highest BCUT2D eigenvalue weighted by atomic mass is 19.4. The Morgan fingerprint density at radius 3 is 2.18 bits per heavy atom. The van der Waals surface area contributed by atoms with Crippen molar-refractivity contribution < 1.29 is 27.9 Å². The summed E-state index contributed by atoms with van der Waals surface area (Å²) in [7, 11) is 0. The van der Waals surface area contributed by atoms with Gasteiger partial charge in [0.15, 0.2) is 0 Å². The lowest BCUT2D eigenvalue weighted by atomic mass is 9.98. The summed E-state index contributed by atoms with van der Waals surface area (Å²) in [4.78, 5) is 24.3. The van der Waals surface area contributed by atoms with Crippen molar-refractivity contribution in [2.24, 2.45) is 0 Å². The molecule has 0 fully saturated rings. The maximum atomic E-state index is 12.7. The van der Waals surface area contributed by atoms with Crippen LogP contribution < -0.4 is 10.9 Å². The van der Waals surface area contributed by atoms with Gasteiger partial charge in [-0.1, -0.05) is 37.3 Å². The Hall–Kier alpha value is -2.87. The average molecular weight is 394 g/mol. The number of benzene rings is 2. The summed E-state index contributed by atoms with van der Waals surface area (Å²) in [5.74, 6) is -1.34. The largest absolute Gasteiger partial charge is 0.416 e. The van der Waals surface area contributed by atoms with E-state index in [9.17, 15) is 27.9 Å². The van der Waals surface area contributed by atoms with Crippen LogP contribution in [0.2, 0.25) is 0 Å². The minimum atomic E-state index is -4.41. The van der Waals surface area contributed by atoms with Gasteiger partial charge < -0.3 is 5.11 Å². The lowest BCUT2D eigenvalue weighted by Crippen LogP contribution is -2.51. The van der Waals surface area contributed by atoms with Gasteiger partial charge in [0.2, 0.25) is 0 Å². The number of aliphatic hydroxyl groups is 1. The van der Waals surface area contributed by atoms with Gasteiger partial charge >= 0.3 is 6.18 Å². The zero-order valence-corrected chi connectivity index (χ0v) is 15.4. The Balaban J connectivity index is 2.12. The van der Waals surface area contributed by atoms with Crippen LogP contribution in [-0.2, 0) is 17.4 Å². The van der Waals surface area contributed by atoms with Crippen LogP contribution >= 0.6 is 0 Å². The molecule has 5 nitrogen and oxygen atoms in total. The van der Waals surface area contributed by atoms with E-state index in [0.29, 0.717) is 11.1 Å². The zero-order valence-electron chi connectivity index (χ0n) is 15.4. The Morgan fingerprint density at radius 1 is 1.00 bits per heavy atom. The predicted molar refractivity (Wildman–Crippen MR) is 97.2 cm³/mol. The molecular formula is C20H21F3N2O3. The number of alkyl halides is 3. The van der Waals surface area contributed by atoms with Crippen molar-refractivity contribution in [1.29, 1.82) is 0 Å². The molecular weight excluding hydrogens is 373 g/mol. The highest BCUT2D eigenvalue weighted by Crippen LogP contribution is 2.29. The molecule has 8 heteroatoms. The maximum absolute atomic E-state index is 12.7. The second-order valence-corrected chi connectivity index (χ2v) is 6.56. The minimum absolute atomic E-state index is 0.166. The van der Waals surface area contributed by atoms with Gasteiger partial charge in [-0.3, -0.25) is 20.4 Å². The molecule has 2 rings (SSSR count). The van der Waals surface area contributed by atoms with E-state index in [1.54, 1.807) is 31.2 Å². The first-order chi connectivity index (χ1) is 13.0. The average Bonchev–Trinajstić information content (AvgIpc) is 2.66. The summed E-state index contributed by atoms with van der Waals surface area (Å²) in [5.41, 5.74) is 3.51. The van der Waals surface area contributed by atoms with Crippen molar-refractivity contribution >= 4 is 11.8 Å². The Bertz CT molecular complexity index is 847. The van der Waals surface area contributed by atoms with E-state index in [-0.39, 0.29) is 18.4 Å². The number of rotatable bonds is 5. The van der Waals surface area contributed by atoms with Crippen molar-refractivity contribution in [2.45, 2.75) is 38.5 Å². The second kappa shape index (κ2) is 8.43. The van der Waals surface area contributed by atoms with E-state index in [2.05, 4.69) is 10.9 Å². The molecule has 3 N–H and O–H groups in total. The van der Waals surface area contributed by atoms with E-state index in [0.717, 1.165) is 12.1 Å². The normalized spacial score (nSPS) is 13.5. The quantitative estimate of drug-likeness (QED) is 0.682. The van der Waals surface area contributed by atoms with Crippen LogP contribution in [-0.4, -0.2) is 22.5 Å². The van der Waals surface area contributed by atoms with E-state index < -0.39 is 29.2 Å². The van der Waals surface area contributed by atoms with Crippen LogP contribution in [0.3, 0.4) is 0 Å². The molecule has 0 aromatic heterocycles. The minimum Gasteiger partial charge on any atom is -0.380 e. The summed E-state index contributed by atoms with van der Waals surface area (Å²) in [6, 6.07) is 11.3. The van der Waals surface area contributed by atoms with E-state index >= 15 is 0 Å². The van der Waals surface area contributed by atoms with Crippen LogP contribution in [0.15, 0.2) is 48.5 Å². The number of halogens is 3. The molecule has 0 aliphatic rings. The number of amides is 2. The fourth-order valence-corrected chi connectivity index (χ4v) is 2.40. The van der Waals surface area contributed by atoms with Crippen LogP contribution in [0, 0.1) is 0 Å². The number of nitrogens with one attached hydrogen (secondary N) is 2. The fraction of sp³-hybridized carbons (Fsp3) is 0.300. The number of carbonyl (C=O) groups is 2. The Kier molecular flexibility index (Phi) is 6.45. The first-order valence-electron chi connectivity index (χ1n) is 8.62. The highest BCUT2D eigenvalue weighted by molar-refractivity contribution is 5.97. The lowest BCUT2D eigenvalue weighted by Gasteiger charge is -2.20. The molecule has 0 saturated carbocycles. The molecule has 0 radical (unpaired) electrons. The molecule has 0 aliphatic carbocycles. The van der Waals surface area contributed by atoms with Crippen molar-refractivity contribution in [2.75, 3.05) is 0 Å². The number of hydrogen-bond acceptors (Lipinski definition) is 3. The summed E-state index contributed by atoms with van der Waals surface area (Å²) in [5, 5.41) is 9.86. The second-order valence-electron chi connectivity index (χ2n) is 6.56. The zero-order chi connectivity index (χ0) is 20.9. The Morgan fingerprint density at radius 2 is 1.61 bits per heavy atom. The fourth-order valence-electron chi connectivity index (χ4n) is 2.40. The summed E-state index contributed by atoms with van der Waals surface area (Å²) < 4.78 is 38.0. The van der Waals surface area contributed by atoms with Crippen molar-refractivity contribution in [1.82, 2.24) is 10.9 Å². The highest BCUT2D eigenvalue weighted by Gasteiger charge is 2.30. The molecule has 0 heterocycles. The van der Waals surface area contributed by atoms with Gasteiger partial charge in [0, 0.05) is 5.56 Å². The summed E-state index contributed by atoms with van der Waals surface area (Å²) in [6.45, 7) is 2.95. The van der Waals surface area contributed by atoms with Gasteiger partial charge in [-0.15, -0.1) is 0 Å². The van der Waals surface area contributed by atoms with Gasteiger partial charge in [0.25, 0.3) is 11.8 Å². The molecule has 2 aromatic carbocycles. The van der Waals surface area contributed by atoms with E-state index in [1.165, 1.54) is 19.1 Å². The third-order valence-corrected chi connectivity index (χ3v) is 4.40. The standard InChI is InChI=1S/C20H21F3N2O3/c1-3-19(2,28)18(27)25-24-17(26)16-7-5-4-6-14(16)12-13-8-10-15(11-9-13)20(21,22)23/h4-11,28H,3,12H2,1-2H3,(H,24,26)(H,25,27). The monoisotopic (exact) mass is 394 g/mol. The van der Waals surface area contributed by atoms with Crippen molar-refractivity contribution in [3.8, 4) is 0 Å². The molecule has 0 aliphatic heterocycles. The van der Waals surface area contributed by atoms with Gasteiger partial charge in [-0.05, 0) is 49.1 Å². The molecule has 150 valence electrons. The molecule has 0 spiro atoms. The lowest BCUT2D eigenvalue weighted by molar-refractivity contribution is -0.139. The van der Waals surface area contributed by atoms with Gasteiger partial charge in [-0.25, -0.2) is 0 Å².